The van der Waals surface area contributed by atoms with Crippen LogP contribution < -0.4 is 10.6 Å². The van der Waals surface area contributed by atoms with Gasteiger partial charge in [0.15, 0.2) is 0 Å². The van der Waals surface area contributed by atoms with Gasteiger partial charge in [0.05, 0.1) is 16.6 Å². The maximum Gasteiger partial charge on any atom is 0.243 e. The van der Waals surface area contributed by atoms with Crippen LogP contribution in [-0.2, 0) is 9.59 Å². The van der Waals surface area contributed by atoms with E-state index in [9.17, 15) is 9.59 Å². The highest BCUT2D eigenvalue weighted by atomic mass is 35.5. The number of rotatable bonds is 4. The zero-order valence-electron chi connectivity index (χ0n) is 14.0. The van der Waals surface area contributed by atoms with Gasteiger partial charge in [-0.3, -0.25) is 9.59 Å². The largest absolute Gasteiger partial charge is 0.347 e. The fraction of sp³-hybridized carbons (Fsp3) is 0.579. The van der Waals surface area contributed by atoms with E-state index in [0.29, 0.717) is 33.5 Å². The number of amides is 2. The second-order valence-electron chi connectivity index (χ2n) is 8.06. The highest BCUT2D eigenvalue weighted by Gasteiger charge is 2.54. The van der Waals surface area contributed by atoms with Crippen molar-refractivity contribution in [2.24, 2.45) is 23.2 Å². The van der Waals surface area contributed by atoms with E-state index >= 15 is 0 Å². The van der Waals surface area contributed by atoms with Gasteiger partial charge in [-0.1, -0.05) is 23.2 Å². The van der Waals surface area contributed by atoms with Crippen molar-refractivity contribution in [1.29, 1.82) is 0 Å². The molecule has 0 atom stereocenters. The van der Waals surface area contributed by atoms with Crippen LogP contribution in [0.5, 0.6) is 0 Å². The van der Waals surface area contributed by atoms with Crippen molar-refractivity contribution in [2.75, 3.05) is 11.9 Å². The average Bonchev–Trinajstić information content (AvgIpc) is 2.55. The number of anilines is 1. The number of nitrogens with one attached hydrogen (secondary N) is 2. The number of benzene rings is 1. The Bertz CT molecular complexity index is 684. The molecule has 5 rings (SSSR count). The third-order valence-electron chi connectivity index (χ3n) is 6.13. The molecule has 4 aliphatic carbocycles. The van der Waals surface area contributed by atoms with Gasteiger partial charge < -0.3 is 10.6 Å². The lowest BCUT2D eigenvalue weighted by Crippen LogP contribution is -2.54. The maximum atomic E-state index is 12.8. The molecule has 4 bridgehead atoms. The molecule has 0 heterocycles. The molecule has 134 valence electrons. The molecule has 2 N–H and O–H groups in total. The molecule has 0 spiro atoms. The molecule has 0 aromatic heterocycles. The van der Waals surface area contributed by atoms with Crippen LogP contribution in [0.3, 0.4) is 0 Å². The summed E-state index contributed by atoms with van der Waals surface area (Å²) < 4.78 is 0. The Morgan fingerprint density at radius 1 is 1.00 bits per heavy atom. The van der Waals surface area contributed by atoms with Crippen LogP contribution in [0, 0.1) is 23.2 Å². The van der Waals surface area contributed by atoms with Gasteiger partial charge in [0, 0.05) is 11.1 Å². The second kappa shape index (κ2) is 6.48. The van der Waals surface area contributed by atoms with E-state index < -0.39 is 0 Å². The van der Waals surface area contributed by atoms with Gasteiger partial charge in [-0.05, 0) is 74.5 Å². The highest BCUT2D eigenvalue weighted by molar-refractivity contribution is 6.42. The summed E-state index contributed by atoms with van der Waals surface area (Å²) in [6.45, 7) is -0.0131. The summed E-state index contributed by atoms with van der Waals surface area (Å²) in [6, 6.07) is 4.92. The number of hydrogen-bond donors (Lipinski definition) is 2. The normalized spacial score (nSPS) is 32.5. The molecule has 0 saturated heterocycles. The summed E-state index contributed by atoms with van der Waals surface area (Å²) in [5, 5.41) is 6.44. The van der Waals surface area contributed by atoms with Gasteiger partial charge >= 0.3 is 0 Å². The second-order valence-corrected chi connectivity index (χ2v) is 8.87. The molecule has 1 aromatic carbocycles. The number of carbonyl (C=O) groups excluding carboxylic acids is 2. The lowest BCUT2D eigenvalue weighted by molar-refractivity contribution is -0.146. The molecule has 4 nitrogen and oxygen atoms in total. The molecule has 0 aliphatic heterocycles. The molecule has 4 fully saturated rings. The van der Waals surface area contributed by atoms with Crippen LogP contribution in [0.25, 0.3) is 0 Å². The third kappa shape index (κ3) is 3.39. The molecular formula is C19H22Cl2N2O2. The Morgan fingerprint density at radius 2 is 1.60 bits per heavy atom. The van der Waals surface area contributed by atoms with Crippen LogP contribution in [0.2, 0.25) is 10.0 Å². The van der Waals surface area contributed by atoms with Crippen LogP contribution in [0.1, 0.15) is 38.5 Å². The van der Waals surface area contributed by atoms with E-state index in [1.54, 1.807) is 18.2 Å². The molecule has 4 aliphatic rings. The van der Waals surface area contributed by atoms with Crippen molar-refractivity contribution < 1.29 is 9.59 Å². The van der Waals surface area contributed by atoms with Crippen LogP contribution in [0.15, 0.2) is 18.2 Å². The molecule has 1 aromatic rings. The van der Waals surface area contributed by atoms with Crippen molar-refractivity contribution in [2.45, 2.75) is 38.5 Å². The van der Waals surface area contributed by atoms with Gasteiger partial charge in [-0.15, -0.1) is 0 Å². The first-order valence-electron chi connectivity index (χ1n) is 8.97. The fourth-order valence-electron chi connectivity index (χ4n) is 5.52. The molecular weight excluding hydrogens is 359 g/mol. The van der Waals surface area contributed by atoms with E-state index in [2.05, 4.69) is 10.6 Å². The fourth-order valence-corrected chi connectivity index (χ4v) is 5.81. The lowest BCUT2D eigenvalue weighted by atomic mass is 9.49. The smallest absolute Gasteiger partial charge is 0.243 e. The minimum Gasteiger partial charge on any atom is -0.347 e. The van der Waals surface area contributed by atoms with E-state index in [1.807, 2.05) is 0 Å². The first-order chi connectivity index (χ1) is 11.9. The Hall–Kier alpha value is -1.26. The molecule has 6 heteroatoms. The van der Waals surface area contributed by atoms with Gasteiger partial charge in [0.25, 0.3) is 0 Å². The standard InChI is InChI=1S/C19H22Cl2N2O2/c20-15-2-1-14(6-16(15)21)23-17(24)10-22-18(25)19-7-11-3-12(8-19)5-13(4-11)9-19/h1-2,6,11-13H,3-5,7-10H2,(H,22,25)(H,23,24). The zero-order chi connectivity index (χ0) is 17.6. The van der Waals surface area contributed by atoms with Crippen LogP contribution >= 0.6 is 23.2 Å². The molecule has 0 unspecified atom stereocenters. The van der Waals surface area contributed by atoms with E-state index in [0.717, 1.165) is 19.3 Å². The SMILES string of the molecule is O=C(CNC(=O)C12CC3CC(CC(C3)C1)C2)Nc1ccc(Cl)c(Cl)c1. The molecule has 0 radical (unpaired) electrons. The van der Waals surface area contributed by atoms with E-state index in [4.69, 9.17) is 23.2 Å². The van der Waals surface area contributed by atoms with E-state index in [1.165, 1.54) is 19.3 Å². The van der Waals surface area contributed by atoms with Gasteiger partial charge in [-0.25, -0.2) is 0 Å². The van der Waals surface area contributed by atoms with Crippen LogP contribution in [-0.4, -0.2) is 18.4 Å². The summed E-state index contributed by atoms with van der Waals surface area (Å²) in [4.78, 5) is 25.0. The van der Waals surface area contributed by atoms with E-state index in [-0.39, 0.29) is 23.8 Å². The van der Waals surface area contributed by atoms with Crippen molar-refractivity contribution in [1.82, 2.24) is 5.32 Å². The minimum absolute atomic E-state index is 0.0131. The summed E-state index contributed by atoms with van der Waals surface area (Å²) in [5.74, 6) is 1.94. The van der Waals surface area contributed by atoms with Crippen molar-refractivity contribution in [3.63, 3.8) is 0 Å². The van der Waals surface area contributed by atoms with Crippen molar-refractivity contribution in [3.8, 4) is 0 Å². The van der Waals surface area contributed by atoms with Gasteiger partial charge in [0.1, 0.15) is 0 Å². The molecule has 2 amide bonds. The summed E-state index contributed by atoms with van der Waals surface area (Å²) >= 11 is 11.8. The summed E-state index contributed by atoms with van der Waals surface area (Å²) in [5.41, 5.74) is 0.349. The van der Waals surface area contributed by atoms with Crippen molar-refractivity contribution >= 4 is 40.7 Å². The van der Waals surface area contributed by atoms with Gasteiger partial charge in [-0.2, -0.15) is 0 Å². The minimum atomic E-state index is -0.253. The van der Waals surface area contributed by atoms with Crippen LogP contribution in [0.4, 0.5) is 5.69 Å². The molecule has 25 heavy (non-hydrogen) atoms. The Kier molecular flexibility index (Phi) is 4.45. The van der Waals surface area contributed by atoms with Crippen molar-refractivity contribution in [3.05, 3.63) is 28.2 Å². The first kappa shape index (κ1) is 17.2. The predicted octanol–water partition coefficient (Wildman–Crippen LogP) is 4.26. The highest BCUT2D eigenvalue weighted by Crippen LogP contribution is 2.60. The Labute approximate surface area is 157 Å². The topological polar surface area (TPSA) is 58.2 Å². The Morgan fingerprint density at radius 3 is 2.16 bits per heavy atom. The lowest BCUT2D eigenvalue weighted by Gasteiger charge is -2.55. The monoisotopic (exact) mass is 380 g/mol. The zero-order valence-corrected chi connectivity index (χ0v) is 15.5. The Balaban J connectivity index is 1.34. The average molecular weight is 381 g/mol. The summed E-state index contributed by atoms with van der Waals surface area (Å²) in [7, 11) is 0. The number of carbonyl (C=O) groups is 2. The predicted molar refractivity (Wildman–Crippen MR) is 98.7 cm³/mol. The molecule has 4 saturated carbocycles. The summed E-state index contributed by atoms with van der Waals surface area (Å²) in [6.07, 6.45) is 6.89. The maximum absolute atomic E-state index is 12.8. The first-order valence-corrected chi connectivity index (χ1v) is 9.72. The third-order valence-corrected chi connectivity index (χ3v) is 6.87. The number of halogens is 2. The number of hydrogen-bond acceptors (Lipinski definition) is 2. The quantitative estimate of drug-likeness (QED) is 0.819. The van der Waals surface area contributed by atoms with Gasteiger partial charge in [0.2, 0.25) is 11.8 Å².